The van der Waals surface area contributed by atoms with Crippen LogP contribution < -0.4 is 15.8 Å². The number of benzene rings is 1. The van der Waals surface area contributed by atoms with E-state index in [4.69, 9.17) is 10.5 Å². The van der Waals surface area contributed by atoms with Crippen LogP contribution in [-0.4, -0.2) is 17.0 Å². The van der Waals surface area contributed by atoms with E-state index >= 15 is 0 Å². The molecule has 2 rings (SSSR count). The Morgan fingerprint density at radius 3 is 2.82 bits per heavy atom. The lowest BCUT2D eigenvalue weighted by Gasteiger charge is -2.14. The number of ether oxygens (including phenoxy) is 1. The van der Waals surface area contributed by atoms with Crippen molar-refractivity contribution >= 4 is 35.3 Å². The fourth-order valence-electron chi connectivity index (χ4n) is 1.65. The minimum atomic E-state index is -0.456. The van der Waals surface area contributed by atoms with Gasteiger partial charge in [0.1, 0.15) is 22.3 Å². The summed E-state index contributed by atoms with van der Waals surface area (Å²) < 4.78 is 18.9. The van der Waals surface area contributed by atoms with E-state index < -0.39 is 11.7 Å². The van der Waals surface area contributed by atoms with Gasteiger partial charge in [-0.2, -0.15) is 0 Å². The maximum atomic E-state index is 13.4. The summed E-state index contributed by atoms with van der Waals surface area (Å²) >= 11 is 1.30. The lowest BCUT2D eigenvalue weighted by atomic mass is 10.2. The molecule has 1 aromatic heterocycles. The third-order valence-corrected chi connectivity index (χ3v) is 3.38. The summed E-state index contributed by atoms with van der Waals surface area (Å²) in [6.45, 7) is 3.98. The zero-order chi connectivity index (χ0) is 15.4. The first kappa shape index (κ1) is 18.3. The van der Waals surface area contributed by atoms with Crippen LogP contribution in [0.4, 0.5) is 10.1 Å². The predicted octanol–water partition coefficient (Wildman–Crippen LogP) is 3.20. The van der Waals surface area contributed by atoms with Gasteiger partial charge in [-0.1, -0.05) is 0 Å². The molecular weight excluding hydrogens is 329 g/mol. The molecule has 2 aromatic rings. The molecule has 22 heavy (non-hydrogen) atoms. The van der Waals surface area contributed by atoms with E-state index in [0.717, 1.165) is 0 Å². The Balaban J connectivity index is 0.00000242. The molecule has 0 spiro atoms. The number of amides is 1. The number of carbonyl (C=O) groups is 1. The average molecular weight is 346 g/mol. The first-order chi connectivity index (χ1) is 9.99. The van der Waals surface area contributed by atoms with Crippen LogP contribution in [0.25, 0.3) is 0 Å². The van der Waals surface area contributed by atoms with Crippen molar-refractivity contribution in [3.05, 3.63) is 40.1 Å². The fourth-order valence-corrected chi connectivity index (χ4v) is 2.31. The van der Waals surface area contributed by atoms with Crippen molar-refractivity contribution in [1.82, 2.24) is 4.98 Å². The van der Waals surface area contributed by atoms with E-state index in [1.54, 1.807) is 5.38 Å². The standard InChI is InChI=1S/C14H16FN3O2S.ClH/c1-8(2)20-12-4-3-9(15)5-10(12)18-14(19)11-7-21-13(6-16)17-11;/h3-5,7-8H,6,16H2,1-2H3,(H,18,19);1H. The van der Waals surface area contributed by atoms with E-state index in [0.29, 0.717) is 10.8 Å². The first-order valence-electron chi connectivity index (χ1n) is 6.41. The third-order valence-electron chi connectivity index (χ3n) is 2.51. The van der Waals surface area contributed by atoms with E-state index in [-0.39, 0.29) is 36.4 Å². The number of halogens is 2. The molecule has 0 saturated carbocycles. The molecule has 0 atom stereocenters. The molecule has 3 N–H and O–H groups in total. The number of anilines is 1. The van der Waals surface area contributed by atoms with Gasteiger partial charge in [0, 0.05) is 18.0 Å². The molecule has 0 bridgehead atoms. The number of nitrogens with zero attached hydrogens (tertiary/aromatic N) is 1. The van der Waals surface area contributed by atoms with Gasteiger partial charge in [-0.15, -0.1) is 23.7 Å². The highest BCUT2D eigenvalue weighted by Crippen LogP contribution is 2.27. The number of nitrogens with one attached hydrogen (secondary N) is 1. The minimum Gasteiger partial charge on any atom is -0.489 e. The predicted molar refractivity (Wildman–Crippen MR) is 87.4 cm³/mol. The molecule has 120 valence electrons. The minimum absolute atomic E-state index is 0. The van der Waals surface area contributed by atoms with Gasteiger partial charge in [-0.3, -0.25) is 4.79 Å². The van der Waals surface area contributed by atoms with Crippen LogP contribution in [0, 0.1) is 5.82 Å². The summed E-state index contributed by atoms with van der Waals surface area (Å²) in [7, 11) is 0. The Labute approximate surface area is 138 Å². The summed E-state index contributed by atoms with van der Waals surface area (Å²) in [6.07, 6.45) is -0.0887. The lowest BCUT2D eigenvalue weighted by molar-refractivity contribution is 0.102. The SMILES string of the molecule is CC(C)Oc1ccc(F)cc1NC(=O)c1csc(CN)n1.Cl. The van der Waals surface area contributed by atoms with Gasteiger partial charge in [0.15, 0.2) is 0 Å². The van der Waals surface area contributed by atoms with E-state index in [2.05, 4.69) is 10.3 Å². The van der Waals surface area contributed by atoms with Crippen LogP contribution in [0.5, 0.6) is 5.75 Å². The Morgan fingerprint density at radius 1 is 1.50 bits per heavy atom. The van der Waals surface area contributed by atoms with Crippen LogP contribution >= 0.6 is 23.7 Å². The number of hydrogen-bond acceptors (Lipinski definition) is 5. The largest absolute Gasteiger partial charge is 0.489 e. The second kappa shape index (κ2) is 8.07. The summed E-state index contributed by atoms with van der Waals surface area (Å²) in [4.78, 5) is 16.2. The monoisotopic (exact) mass is 345 g/mol. The van der Waals surface area contributed by atoms with Crippen molar-refractivity contribution in [3.63, 3.8) is 0 Å². The van der Waals surface area contributed by atoms with Crippen LogP contribution in [0.2, 0.25) is 0 Å². The van der Waals surface area contributed by atoms with Crippen LogP contribution in [0.15, 0.2) is 23.6 Å². The van der Waals surface area contributed by atoms with Crippen molar-refractivity contribution in [2.75, 3.05) is 5.32 Å². The highest BCUT2D eigenvalue weighted by Gasteiger charge is 2.14. The Hall–Kier alpha value is -1.70. The molecule has 0 fully saturated rings. The van der Waals surface area contributed by atoms with E-state index in [1.807, 2.05) is 13.8 Å². The maximum Gasteiger partial charge on any atom is 0.275 e. The second-order valence-corrected chi connectivity index (χ2v) is 5.53. The van der Waals surface area contributed by atoms with E-state index in [9.17, 15) is 9.18 Å². The zero-order valence-electron chi connectivity index (χ0n) is 12.1. The van der Waals surface area contributed by atoms with Crippen molar-refractivity contribution < 1.29 is 13.9 Å². The molecule has 0 aliphatic rings. The molecule has 0 aliphatic carbocycles. The highest BCUT2D eigenvalue weighted by molar-refractivity contribution is 7.09. The number of carbonyl (C=O) groups excluding carboxylic acids is 1. The Bertz CT molecular complexity index is 649. The van der Waals surface area contributed by atoms with Gasteiger partial charge >= 0.3 is 0 Å². The summed E-state index contributed by atoms with van der Waals surface area (Å²) in [5, 5.41) is 4.89. The Kier molecular flexibility index (Phi) is 6.73. The van der Waals surface area contributed by atoms with E-state index in [1.165, 1.54) is 29.5 Å². The topological polar surface area (TPSA) is 77.2 Å². The molecule has 0 radical (unpaired) electrons. The van der Waals surface area contributed by atoms with Crippen LogP contribution in [0.1, 0.15) is 29.3 Å². The normalized spacial score (nSPS) is 10.2. The molecule has 0 unspecified atom stereocenters. The van der Waals surface area contributed by atoms with Crippen molar-refractivity contribution in [2.24, 2.45) is 5.73 Å². The number of aromatic nitrogens is 1. The van der Waals surface area contributed by atoms with Crippen molar-refractivity contribution in [2.45, 2.75) is 26.5 Å². The zero-order valence-corrected chi connectivity index (χ0v) is 13.8. The maximum absolute atomic E-state index is 13.4. The molecule has 5 nitrogen and oxygen atoms in total. The van der Waals surface area contributed by atoms with Gasteiger partial charge in [0.25, 0.3) is 5.91 Å². The smallest absolute Gasteiger partial charge is 0.275 e. The summed E-state index contributed by atoms with van der Waals surface area (Å²) in [5.41, 5.74) is 5.99. The molecule has 8 heteroatoms. The molecule has 1 heterocycles. The van der Waals surface area contributed by atoms with Gasteiger partial charge in [-0.25, -0.2) is 9.37 Å². The molecule has 0 saturated heterocycles. The number of hydrogen-bond donors (Lipinski definition) is 2. The molecular formula is C14H17ClFN3O2S. The van der Waals surface area contributed by atoms with Crippen molar-refractivity contribution in [3.8, 4) is 5.75 Å². The molecule has 1 aromatic carbocycles. The fraction of sp³-hybridized carbons (Fsp3) is 0.286. The van der Waals surface area contributed by atoms with Crippen LogP contribution in [0.3, 0.4) is 0 Å². The average Bonchev–Trinajstić information content (AvgIpc) is 2.90. The molecule has 0 aliphatic heterocycles. The first-order valence-corrected chi connectivity index (χ1v) is 7.29. The highest BCUT2D eigenvalue weighted by atomic mass is 35.5. The lowest BCUT2D eigenvalue weighted by Crippen LogP contribution is -2.15. The third kappa shape index (κ3) is 4.66. The van der Waals surface area contributed by atoms with Gasteiger partial charge < -0.3 is 15.8 Å². The van der Waals surface area contributed by atoms with Gasteiger partial charge in [0.05, 0.1) is 11.8 Å². The summed E-state index contributed by atoms with van der Waals surface area (Å²) in [6, 6.07) is 3.98. The Morgan fingerprint density at radius 2 is 2.23 bits per heavy atom. The number of thiazole rings is 1. The van der Waals surface area contributed by atoms with Gasteiger partial charge in [-0.05, 0) is 26.0 Å². The van der Waals surface area contributed by atoms with Crippen molar-refractivity contribution in [1.29, 1.82) is 0 Å². The quantitative estimate of drug-likeness (QED) is 0.872. The number of rotatable bonds is 5. The molecule has 1 amide bonds. The van der Waals surface area contributed by atoms with Gasteiger partial charge in [0.2, 0.25) is 0 Å². The van der Waals surface area contributed by atoms with Crippen LogP contribution in [-0.2, 0) is 6.54 Å². The second-order valence-electron chi connectivity index (χ2n) is 4.59. The number of nitrogens with two attached hydrogens (primary N) is 1. The summed E-state index contributed by atoms with van der Waals surface area (Å²) in [5.74, 6) is -0.471.